The lowest BCUT2D eigenvalue weighted by Crippen LogP contribution is -2.44. The van der Waals surface area contributed by atoms with E-state index in [0.29, 0.717) is 31.2 Å². The predicted molar refractivity (Wildman–Crippen MR) is 69.0 cm³/mol. The summed E-state index contributed by atoms with van der Waals surface area (Å²) >= 11 is 0. The van der Waals surface area contributed by atoms with Gasteiger partial charge in [0.25, 0.3) is 0 Å². The fourth-order valence-electron chi connectivity index (χ4n) is 2.69. The number of nitrogens with one attached hydrogen (secondary N) is 1. The summed E-state index contributed by atoms with van der Waals surface area (Å²) in [5.41, 5.74) is 0.593. The van der Waals surface area contributed by atoms with Crippen LogP contribution in [0.3, 0.4) is 0 Å². The number of para-hydroxylation sites is 1. The highest BCUT2D eigenvalue weighted by Gasteiger charge is 2.40. The molecule has 1 aromatic rings. The van der Waals surface area contributed by atoms with Gasteiger partial charge < -0.3 is 15.5 Å². The Balaban J connectivity index is 1.95. The maximum atomic E-state index is 12.2. The van der Waals surface area contributed by atoms with Crippen molar-refractivity contribution >= 4 is 5.91 Å². The molecule has 1 aliphatic carbocycles. The second-order valence-electron chi connectivity index (χ2n) is 5.23. The van der Waals surface area contributed by atoms with E-state index in [9.17, 15) is 28.2 Å². The lowest BCUT2D eigenvalue weighted by atomic mass is 9.81. The molecule has 2 rings (SSSR count). The van der Waals surface area contributed by atoms with Gasteiger partial charge in [0.2, 0.25) is 0 Å². The summed E-state index contributed by atoms with van der Waals surface area (Å²) in [6, 6.07) is 4.17. The number of phenols is 2. The number of phenolic OH excluding ortho intramolecular Hbond substituents is 2. The van der Waals surface area contributed by atoms with Crippen LogP contribution < -0.4 is 5.32 Å². The average Bonchev–Trinajstić information content (AvgIpc) is 2.42. The molecular formula is C14H16F3NO3. The van der Waals surface area contributed by atoms with Gasteiger partial charge >= 0.3 is 12.1 Å². The van der Waals surface area contributed by atoms with Gasteiger partial charge in [-0.3, -0.25) is 4.79 Å². The second-order valence-corrected chi connectivity index (χ2v) is 5.23. The van der Waals surface area contributed by atoms with Crippen molar-refractivity contribution in [2.24, 2.45) is 0 Å². The Morgan fingerprint density at radius 1 is 1.14 bits per heavy atom. The molecule has 0 aromatic heterocycles. The van der Waals surface area contributed by atoms with Crippen LogP contribution in [0.1, 0.15) is 37.2 Å². The van der Waals surface area contributed by atoms with Crippen LogP contribution >= 0.6 is 0 Å². The molecule has 7 heteroatoms. The Morgan fingerprint density at radius 3 is 2.33 bits per heavy atom. The molecule has 0 aliphatic heterocycles. The summed E-state index contributed by atoms with van der Waals surface area (Å²) in [4.78, 5) is 10.9. The highest BCUT2D eigenvalue weighted by atomic mass is 19.4. The van der Waals surface area contributed by atoms with Gasteiger partial charge in [-0.2, -0.15) is 13.2 Å². The summed E-state index contributed by atoms with van der Waals surface area (Å²) in [7, 11) is 0. The molecule has 1 aliphatic rings. The van der Waals surface area contributed by atoms with Crippen molar-refractivity contribution < 1.29 is 28.2 Å². The molecule has 1 amide bonds. The van der Waals surface area contributed by atoms with E-state index in [2.05, 4.69) is 0 Å². The van der Waals surface area contributed by atoms with Gasteiger partial charge in [0, 0.05) is 11.6 Å². The number of rotatable bonds is 2. The van der Waals surface area contributed by atoms with Crippen LogP contribution in [0.25, 0.3) is 0 Å². The van der Waals surface area contributed by atoms with Crippen molar-refractivity contribution in [3.05, 3.63) is 23.8 Å². The topological polar surface area (TPSA) is 69.6 Å². The van der Waals surface area contributed by atoms with E-state index in [-0.39, 0.29) is 17.4 Å². The zero-order chi connectivity index (χ0) is 15.6. The van der Waals surface area contributed by atoms with Crippen LogP contribution in [0.4, 0.5) is 13.2 Å². The maximum Gasteiger partial charge on any atom is 0.471 e. The third kappa shape index (κ3) is 3.59. The lowest BCUT2D eigenvalue weighted by molar-refractivity contribution is -0.174. The molecule has 0 atom stereocenters. The molecule has 4 nitrogen and oxygen atoms in total. The van der Waals surface area contributed by atoms with Crippen molar-refractivity contribution in [3.8, 4) is 11.5 Å². The van der Waals surface area contributed by atoms with E-state index in [4.69, 9.17) is 0 Å². The number of benzene rings is 1. The smallest absolute Gasteiger partial charge is 0.471 e. The maximum absolute atomic E-state index is 12.2. The van der Waals surface area contributed by atoms with Gasteiger partial charge in [-0.15, -0.1) is 0 Å². The van der Waals surface area contributed by atoms with E-state index in [1.54, 1.807) is 12.1 Å². The zero-order valence-corrected chi connectivity index (χ0v) is 11.2. The third-order valence-electron chi connectivity index (χ3n) is 3.81. The first-order chi connectivity index (χ1) is 9.79. The Kier molecular flexibility index (Phi) is 4.29. The first-order valence-electron chi connectivity index (χ1n) is 6.67. The molecule has 21 heavy (non-hydrogen) atoms. The molecule has 1 saturated carbocycles. The van der Waals surface area contributed by atoms with Gasteiger partial charge in [0.1, 0.15) is 0 Å². The highest BCUT2D eigenvalue weighted by Crippen LogP contribution is 2.40. The monoisotopic (exact) mass is 303 g/mol. The van der Waals surface area contributed by atoms with Crippen LogP contribution in [0.15, 0.2) is 18.2 Å². The molecule has 0 unspecified atom stereocenters. The number of hydrogen-bond donors (Lipinski definition) is 3. The summed E-state index contributed by atoms with van der Waals surface area (Å²) in [6.07, 6.45) is -2.97. The normalized spacial score (nSPS) is 22.8. The standard InChI is InChI=1S/C14H16F3NO3/c15-14(16,17)13(21)18-9-6-4-8(5-7-9)10-2-1-3-11(19)12(10)20/h1-3,8-9,19-20H,4-7H2,(H,18,21). The second kappa shape index (κ2) is 5.83. The Labute approximate surface area is 119 Å². The third-order valence-corrected chi connectivity index (χ3v) is 3.81. The van der Waals surface area contributed by atoms with E-state index >= 15 is 0 Å². The summed E-state index contributed by atoms with van der Waals surface area (Å²) < 4.78 is 36.5. The minimum atomic E-state index is -4.86. The highest BCUT2D eigenvalue weighted by molar-refractivity contribution is 5.81. The van der Waals surface area contributed by atoms with Crippen molar-refractivity contribution in [3.63, 3.8) is 0 Å². The molecule has 0 bridgehead atoms. The van der Waals surface area contributed by atoms with Crippen LogP contribution in [0, 0.1) is 0 Å². The van der Waals surface area contributed by atoms with Crippen molar-refractivity contribution in [2.75, 3.05) is 0 Å². The summed E-state index contributed by atoms with van der Waals surface area (Å²) in [5, 5.41) is 21.2. The molecular weight excluding hydrogens is 287 g/mol. The number of carbonyl (C=O) groups excluding carboxylic acids is 1. The van der Waals surface area contributed by atoms with Gasteiger partial charge in [0.05, 0.1) is 0 Å². The van der Waals surface area contributed by atoms with Gasteiger partial charge in [-0.1, -0.05) is 12.1 Å². The van der Waals surface area contributed by atoms with E-state index in [1.807, 2.05) is 5.32 Å². The average molecular weight is 303 g/mol. The first kappa shape index (κ1) is 15.5. The number of alkyl halides is 3. The summed E-state index contributed by atoms with van der Waals surface area (Å²) in [6.45, 7) is 0. The first-order valence-corrected chi connectivity index (χ1v) is 6.67. The SMILES string of the molecule is O=C(NC1CCC(c2cccc(O)c2O)CC1)C(F)(F)F. The quantitative estimate of drug-likeness (QED) is 0.736. The minimum absolute atomic E-state index is 0.0314. The van der Waals surface area contributed by atoms with Crippen molar-refractivity contribution in [2.45, 2.75) is 43.8 Å². The number of aromatic hydroxyl groups is 2. The lowest BCUT2D eigenvalue weighted by Gasteiger charge is -2.30. The van der Waals surface area contributed by atoms with Gasteiger partial charge in [0.15, 0.2) is 11.5 Å². The fourth-order valence-corrected chi connectivity index (χ4v) is 2.69. The number of carbonyl (C=O) groups is 1. The number of halogens is 3. The van der Waals surface area contributed by atoms with Gasteiger partial charge in [-0.05, 0) is 37.7 Å². The van der Waals surface area contributed by atoms with E-state index in [0.717, 1.165) is 0 Å². The summed E-state index contributed by atoms with van der Waals surface area (Å²) in [5.74, 6) is -2.33. The van der Waals surface area contributed by atoms with E-state index in [1.165, 1.54) is 6.07 Å². The minimum Gasteiger partial charge on any atom is -0.504 e. The van der Waals surface area contributed by atoms with E-state index < -0.39 is 18.1 Å². The van der Waals surface area contributed by atoms with Crippen LogP contribution in [0.5, 0.6) is 11.5 Å². The molecule has 0 saturated heterocycles. The largest absolute Gasteiger partial charge is 0.504 e. The van der Waals surface area contributed by atoms with Crippen LogP contribution in [-0.4, -0.2) is 28.3 Å². The van der Waals surface area contributed by atoms with Crippen LogP contribution in [-0.2, 0) is 4.79 Å². The van der Waals surface area contributed by atoms with Crippen molar-refractivity contribution in [1.29, 1.82) is 0 Å². The van der Waals surface area contributed by atoms with Crippen molar-refractivity contribution in [1.82, 2.24) is 5.32 Å². The molecule has 0 radical (unpaired) electrons. The Bertz CT molecular complexity index is 523. The molecule has 116 valence electrons. The van der Waals surface area contributed by atoms with Crippen LogP contribution in [0.2, 0.25) is 0 Å². The Morgan fingerprint density at radius 2 is 1.76 bits per heavy atom. The van der Waals surface area contributed by atoms with Gasteiger partial charge in [-0.25, -0.2) is 0 Å². The molecule has 3 N–H and O–H groups in total. The number of amides is 1. The fraction of sp³-hybridized carbons (Fsp3) is 0.500. The predicted octanol–water partition coefficient (Wildman–Crippen LogP) is 2.80. The Hall–Kier alpha value is -1.92. The zero-order valence-electron chi connectivity index (χ0n) is 11.2. The molecule has 1 aromatic carbocycles. The molecule has 0 heterocycles. The molecule has 1 fully saturated rings. The molecule has 0 spiro atoms. The number of hydrogen-bond acceptors (Lipinski definition) is 3.